The Kier molecular flexibility index (Phi) is 6.08. The van der Waals surface area contributed by atoms with E-state index in [9.17, 15) is 9.18 Å². The minimum atomic E-state index is -0.291. The first-order valence-corrected chi connectivity index (χ1v) is 10.5. The molecule has 32 heavy (non-hydrogen) atoms. The van der Waals surface area contributed by atoms with E-state index in [1.807, 2.05) is 57.2 Å². The molecule has 0 spiro atoms. The van der Waals surface area contributed by atoms with Gasteiger partial charge < -0.3 is 14.5 Å². The Bertz CT molecular complexity index is 1290. The molecule has 1 aromatic heterocycles. The summed E-state index contributed by atoms with van der Waals surface area (Å²) in [6.45, 7) is 6.21. The Labute approximate surface area is 186 Å². The third kappa shape index (κ3) is 4.28. The van der Waals surface area contributed by atoms with Crippen LogP contribution in [0.4, 0.5) is 10.1 Å². The number of anilines is 1. The highest BCUT2D eigenvalue weighted by Gasteiger charge is 2.19. The Hall–Kier alpha value is -3.86. The number of halogens is 1. The monoisotopic (exact) mass is 429 g/mol. The van der Waals surface area contributed by atoms with Crippen LogP contribution in [-0.4, -0.2) is 12.5 Å². The van der Waals surface area contributed by atoms with Crippen molar-refractivity contribution in [2.45, 2.75) is 20.8 Å². The molecule has 0 radical (unpaired) electrons. The van der Waals surface area contributed by atoms with Crippen LogP contribution in [0, 0.1) is 12.7 Å². The van der Waals surface area contributed by atoms with E-state index >= 15 is 0 Å². The van der Waals surface area contributed by atoms with Crippen LogP contribution >= 0.6 is 0 Å². The third-order valence-electron chi connectivity index (χ3n) is 5.30. The summed E-state index contributed by atoms with van der Waals surface area (Å²) in [5.74, 6) is 0.168. The van der Waals surface area contributed by atoms with E-state index in [2.05, 4.69) is 5.32 Å². The normalized spacial score (nSPS) is 11.6. The molecule has 3 aromatic carbocycles. The van der Waals surface area contributed by atoms with Crippen molar-refractivity contribution in [1.82, 2.24) is 0 Å². The molecule has 1 heterocycles. The maximum Gasteiger partial charge on any atom is 0.248 e. The average Bonchev–Trinajstić information content (AvgIpc) is 3.21. The number of nitrogens with one attached hydrogen (secondary N) is 1. The van der Waals surface area contributed by atoms with Crippen molar-refractivity contribution in [2.75, 3.05) is 11.9 Å². The molecular weight excluding hydrogens is 405 g/mol. The molecule has 4 aromatic rings. The predicted molar refractivity (Wildman–Crippen MR) is 126 cm³/mol. The van der Waals surface area contributed by atoms with Gasteiger partial charge in [-0.3, -0.25) is 4.79 Å². The number of hydrogen-bond acceptors (Lipinski definition) is 3. The van der Waals surface area contributed by atoms with Gasteiger partial charge in [-0.1, -0.05) is 30.3 Å². The van der Waals surface area contributed by atoms with E-state index in [1.54, 1.807) is 24.5 Å². The highest BCUT2D eigenvalue weighted by atomic mass is 19.1. The molecule has 5 heteroatoms. The molecule has 0 aliphatic rings. The van der Waals surface area contributed by atoms with E-state index in [-0.39, 0.29) is 11.7 Å². The number of para-hydroxylation sites is 1. The van der Waals surface area contributed by atoms with Crippen molar-refractivity contribution >= 4 is 28.1 Å². The largest absolute Gasteiger partial charge is 0.493 e. The predicted octanol–water partition coefficient (Wildman–Crippen LogP) is 6.99. The summed E-state index contributed by atoms with van der Waals surface area (Å²) in [6, 6.07) is 17.6. The number of fused-ring (bicyclic) bond motifs is 1. The van der Waals surface area contributed by atoms with Gasteiger partial charge in [-0.2, -0.15) is 0 Å². The SMILES string of the molecule is CCOc1c(/C(C)=C/C(=O)Nc2ccccc2)cc2c(-c3ccc(F)cc3)coc2c1C. The molecule has 1 N–H and O–H groups in total. The van der Waals surface area contributed by atoms with E-state index in [0.717, 1.165) is 38.9 Å². The second kappa shape index (κ2) is 9.10. The van der Waals surface area contributed by atoms with Crippen molar-refractivity contribution in [3.63, 3.8) is 0 Å². The zero-order valence-electron chi connectivity index (χ0n) is 18.2. The van der Waals surface area contributed by atoms with Gasteiger partial charge in [-0.05, 0) is 62.2 Å². The number of carbonyl (C=O) groups excluding carboxylic acids is 1. The van der Waals surface area contributed by atoms with Crippen LogP contribution in [0.25, 0.3) is 27.7 Å². The molecule has 4 nitrogen and oxygen atoms in total. The van der Waals surface area contributed by atoms with Gasteiger partial charge in [0.15, 0.2) is 0 Å². The van der Waals surface area contributed by atoms with Gasteiger partial charge in [-0.15, -0.1) is 0 Å². The molecule has 0 bridgehead atoms. The minimum absolute atomic E-state index is 0.222. The fourth-order valence-corrected chi connectivity index (χ4v) is 3.77. The summed E-state index contributed by atoms with van der Waals surface area (Å²) in [7, 11) is 0. The Balaban J connectivity index is 1.79. The number of aryl methyl sites for hydroxylation is 1. The lowest BCUT2D eigenvalue weighted by molar-refractivity contribution is -0.111. The lowest BCUT2D eigenvalue weighted by Gasteiger charge is -2.15. The van der Waals surface area contributed by atoms with Gasteiger partial charge in [0.2, 0.25) is 5.91 Å². The first-order valence-electron chi connectivity index (χ1n) is 10.5. The lowest BCUT2D eigenvalue weighted by Crippen LogP contribution is -2.08. The topological polar surface area (TPSA) is 51.5 Å². The van der Waals surface area contributed by atoms with Crippen LogP contribution in [0.2, 0.25) is 0 Å². The third-order valence-corrected chi connectivity index (χ3v) is 5.30. The fraction of sp³-hybridized carbons (Fsp3) is 0.148. The van der Waals surface area contributed by atoms with Crippen molar-refractivity contribution < 1.29 is 18.3 Å². The number of allylic oxidation sites excluding steroid dienone is 1. The smallest absolute Gasteiger partial charge is 0.248 e. The summed E-state index contributed by atoms with van der Waals surface area (Å²) < 4.78 is 25.2. The molecule has 0 atom stereocenters. The van der Waals surface area contributed by atoms with Gasteiger partial charge in [0.05, 0.1) is 12.9 Å². The first-order chi connectivity index (χ1) is 15.5. The molecule has 1 amide bonds. The maximum absolute atomic E-state index is 13.4. The Morgan fingerprint density at radius 3 is 2.53 bits per heavy atom. The van der Waals surface area contributed by atoms with Crippen LogP contribution < -0.4 is 10.1 Å². The minimum Gasteiger partial charge on any atom is -0.493 e. The second-order valence-corrected chi connectivity index (χ2v) is 7.53. The maximum atomic E-state index is 13.4. The Morgan fingerprint density at radius 2 is 1.84 bits per heavy atom. The van der Waals surface area contributed by atoms with Crippen molar-refractivity contribution in [3.05, 3.63) is 89.9 Å². The number of hydrogen-bond donors (Lipinski definition) is 1. The number of carbonyl (C=O) groups is 1. The standard InChI is InChI=1S/C27H24FNO3/c1-4-31-26-18(3)27-23(24(16-32-27)19-10-12-20(28)13-11-19)15-22(26)17(2)14-25(30)29-21-8-6-5-7-9-21/h5-16H,4H2,1-3H3,(H,29,30)/b17-14+. The fourth-order valence-electron chi connectivity index (χ4n) is 3.77. The zero-order chi connectivity index (χ0) is 22.7. The summed E-state index contributed by atoms with van der Waals surface area (Å²) in [5, 5.41) is 3.75. The molecule has 0 unspecified atom stereocenters. The molecule has 162 valence electrons. The number of furan rings is 1. The summed E-state index contributed by atoms with van der Waals surface area (Å²) >= 11 is 0. The highest BCUT2D eigenvalue weighted by molar-refractivity contribution is 6.05. The average molecular weight is 429 g/mol. The number of amides is 1. The van der Waals surface area contributed by atoms with Crippen molar-refractivity contribution in [2.24, 2.45) is 0 Å². The highest BCUT2D eigenvalue weighted by Crippen LogP contribution is 2.40. The van der Waals surface area contributed by atoms with Gasteiger partial charge in [0, 0.05) is 33.8 Å². The molecule has 0 saturated carbocycles. The molecule has 0 aliphatic heterocycles. The quantitative estimate of drug-likeness (QED) is 0.336. The van der Waals surface area contributed by atoms with Crippen LogP contribution in [0.5, 0.6) is 5.75 Å². The van der Waals surface area contributed by atoms with E-state index in [4.69, 9.17) is 9.15 Å². The van der Waals surface area contributed by atoms with Crippen LogP contribution in [0.3, 0.4) is 0 Å². The molecule has 4 rings (SSSR count). The van der Waals surface area contributed by atoms with E-state index < -0.39 is 0 Å². The molecule has 0 fully saturated rings. The molecular formula is C27H24FNO3. The number of ether oxygens (including phenoxy) is 1. The summed E-state index contributed by atoms with van der Waals surface area (Å²) in [6.07, 6.45) is 3.24. The van der Waals surface area contributed by atoms with Crippen molar-refractivity contribution in [1.29, 1.82) is 0 Å². The number of rotatable bonds is 6. The zero-order valence-corrected chi connectivity index (χ0v) is 18.2. The van der Waals surface area contributed by atoms with Crippen LogP contribution in [0.15, 0.2) is 77.4 Å². The lowest BCUT2D eigenvalue weighted by atomic mass is 9.96. The van der Waals surface area contributed by atoms with Gasteiger partial charge in [-0.25, -0.2) is 4.39 Å². The molecule has 0 saturated heterocycles. The molecule has 0 aliphatic carbocycles. The van der Waals surface area contributed by atoms with Gasteiger partial charge in [0.1, 0.15) is 17.1 Å². The Morgan fingerprint density at radius 1 is 1.12 bits per heavy atom. The van der Waals surface area contributed by atoms with Crippen molar-refractivity contribution in [3.8, 4) is 16.9 Å². The summed E-state index contributed by atoms with van der Waals surface area (Å²) in [5.41, 5.74) is 5.56. The van der Waals surface area contributed by atoms with Gasteiger partial charge in [0.25, 0.3) is 0 Å². The van der Waals surface area contributed by atoms with E-state index in [0.29, 0.717) is 17.9 Å². The van der Waals surface area contributed by atoms with Gasteiger partial charge >= 0.3 is 0 Å². The second-order valence-electron chi connectivity index (χ2n) is 7.53. The summed E-state index contributed by atoms with van der Waals surface area (Å²) in [4.78, 5) is 12.6. The van der Waals surface area contributed by atoms with Crippen LogP contribution in [0.1, 0.15) is 25.0 Å². The van der Waals surface area contributed by atoms with E-state index in [1.165, 1.54) is 12.1 Å². The first kappa shape index (κ1) is 21.4. The van der Waals surface area contributed by atoms with Crippen LogP contribution in [-0.2, 0) is 4.79 Å². The number of benzene rings is 3.